The highest BCUT2D eigenvalue weighted by molar-refractivity contribution is 5.75. The molecule has 0 aliphatic carbocycles. The first-order valence-corrected chi connectivity index (χ1v) is 3.99. The lowest BCUT2D eigenvalue weighted by atomic mass is 10.3. The second-order valence-corrected chi connectivity index (χ2v) is 2.42. The Hall–Kier alpha value is -0.570. The van der Waals surface area contributed by atoms with E-state index in [0.717, 1.165) is 13.1 Å². The number of hydrogen-bond acceptors (Lipinski definition) is 3. The number of methoxy groups -OCH3 is 1. The van der Waals surface area contributed by atoms with Gasteiger partial charge in [-0.2, -0.15) is 0 Å². The maximum atomic E-state index is 11.0. The maximum absolute atomic E-state index is 11.0. The van der Waals surface area contributed by atoms with E-state index in [4.69, 9.17) is 0 Å². The summed E-state index contributed by atoms with van der Waals surface area (Å²) in [5.74, 6) is -0.159. The molecule has 3 nitrogen and oxygen atoms in total. The molecule has 0 aliphatic heterocycles. The van der Waals surface area contributed by atoms with Crippen LogP contribution < -0.4 is 0 Å². The van der Waals surface area contributed by atoms with Crippen LogP contribution in [0.3, 0.4) is 0 Å². The molecule has 0 bridgehead atoms. The molecule has 0 aromatic heterocycles. The standard InChI is InChI=1S/C8H17NO2/c1-5-9(6-2)7(3)8(10)11-4/h7H,5-6H2,1-4H3/t7-/m1/s1. The van der Waals surface area contributed by atoms with Crippen LogP contribution in [0.25, 0.3) is 0 Å². The largest absolute Gasteiger partial charge is 0.468 e. The smallest absolute Gasteiger partial charge is 0.322 e. The van der Waals surface area contributed by atoms with Gasteiger partial charge in [0.1, 0.15) is 6.04 Å². The predicted octanol–water partition coefficient (Wildman–Crippen LogP) is 0.890. The van der Waals surface area contributed by atoms with Gasteiger partial charge in [0.05, 0.1) is 7.11 Å². The van der Waals surface area contributed by atoms with E-state index < -0.39 is 0 Å². The van der Waals surface area contributed by atoms with Crippen molar-refractivity contribution in [3.05, 3.63) is 0 Å². The van der Waals surface area contributed by atoms with Crippen LogP contribution >= 0.6 is 0 Å². The van der Waals surface area contributed by atoms with E-state index in [1.54, 1.807) is 0 Å². The van der Waals surface area contributed by atoms with Gasteiger partial charge in [0.25, 0.3) is 0 Å². The van der Waals surface area contributed by atoms with Crippen LogP contribution in [0.5, 0.6) is 0 Å². The fraction of sp³-hybridized carbons (Fsp3) is 0.875. The summed E-state index contributed by atoms with van der Waals surface area (Å²) in [5, 5.41) is 0. The molecule has 11 heavy (non-hydrogen) atoms. The number of likely N-dealkylation sites (N-methyl/N-ethyl adjacent to an activating group) is 1. The summed E-state index contributed by atoms with van der Waals surface area (Å²) in [5.41, 5.74) is 0. The summed E-state index contributed by atoms with van der Waals surface area (Å²) in [7, 11) is 1.42. The first kappa shape index (κ1) is 10.4. The Morgan fingerprint density at radius 2 is 1.91 bits per heavy atom. The summed E-state index contributed by atoms with van der Waals surface area (Å²) in [6.07, 6.45) is 0. The van der Waals surface area contributed by atoms with Crippen molar-refractivity contribution in [2.24, 2.45) is 0 Å². The first-order valence-electron chi connectivity index (χ1n) is 3.99. The van der Waals surface area contributed by atoms with Crippen molar-refractivity contribution in [2.45, 2.75) is 26.8 Å². The number of nitrogens with zero attached hydrogens (tertiary/aromatic N) is 1. The van der Waals surface area contributed by atoms with Gasteiger partial charge in [0.2, 0.25) is 0 Å². The van der Waals surface area contributed by atoms with E-state index >= 15 is 0 Å². The van der Waals surface area contributed by atoms with Gasteiger partial charge >= 0.3 is 5.97 Å². The Morgan fingerprint density at radius 1 is 1.45 bits per heavy atom. The third-order valence-corrected chi connectivity index (χ3v) is 1.90. The highest BCUT2D eigenvalue weighted by Gasteiger charge is 2.18. The van der Waals surface area contributed by atoms with E-state index in [1.807, 2.05) is 25.7 Å². The van der Waals surface area contributed by atoms with Gasteiger partial charge in [-0.15, -0.1) is 0 Å². The summed E-state index contributed by atoms with van der Waals surface area (Å²) in [6.45, 7) is 7.68. The van der Waals surface area contributed by atoms with Crippen molar-refractivity contribution >= 4 is 5.97 Å². The lowest BCUT2D eigenvalue weighted by Crippen LogP contribution is -2.39. The molecule has 0 radical (unpaired) electrons. The van der Waals surface area contributed by atoms with Gasteiger partial charge in [-0.1, -0.05) is 13.8 Å². The van der Waals surface area contributed by atoms with Gasteiger partial charge < -0.3 is 4.74 Å². The van der Waals surface area contributed by atoms with Gasteiger partial charge in [-0.05, 0) is 20.0 Å². The number of ether oxygens (including phenoxy) is 1. The van der Waals surface area contributed by atoms with Gasteiger partial charge in [-0.3, -0.25) is 9.69 Å². The Balaban J connectivity index is 3.97. The highest BCUT2D eigenvalue weighted by atomic mass is 16.5. The van der Waals surface area contributed by atoms with Crippen LogP contribution in [0.15, 0.2) is 0 Å². The summed E-state index contributed by atoms with van der Waals surface area (Å²) in [6, 6.07) is -0.116. The van der Waals surface area contributed by atoms with Crippen molar-refractivity contribution in [3.63, 3.8) is 0 Å². The summed E-state index contributed by atoms with van der Waals surface area (Å²) in [4.78, 5) is 13.1. The molecule has 0 saturated heterocycles. The Labute approximate surface area is 68.3 Å². The Bertz CT molecular complexity index is 121. The summed E-state index contributed by atoms with van der Waals surface area (Å²) >= 11 is 0. The number of carbonyl (C=O) groups is 1. The molecule has 0 fully saturated rings. The number of rotatable bonds is 4. The molecular weight excluding hydrogens is 142 g/mol. The van der Waals surface area contributed by atoms with E-state index in [9.17, 15) is 4.79 Å². The van der Waals surface area contributed by atoms with Gasteiger partial charge in [-0.25, -0.2) is 0 Å². The highest BCUT2D eigenvalue weighted by Crippen LogP contribution is 1.99. The first-order chi connectivity index (χ1) is 5.17. The number of hydrogen-bond donors (Lipinski definition) is 0. The van der Waals surface area contributed by atoms with Crippen molar-refractivity contribution < 1.29 is 9.53 Å². The zero-order valence-corrected chi connectivity index (χ0v) is 7.76. The van der Waals surface area contributed by atoms with Crippen LogP contribution in [0.2, 0.25) is 0 Å². The molecule has 1 atom stereocenters. The van der Waals surface area contributed by atoms with Crippen molar-refractivity contribution in [1.82, 2.24) is 4.90 Å². The van der Waals surface area contributed by atoms with Crippen LogP contribution in [-0.4, -0.2) is 37.1 Å². The third-order valence-electron chi connectivity index (χ3n) is 1.90. The lowest BCUT2D eigenvalue weighted by molar-refractivity contribution is -0.146. The minimum atomic E-state index is -0.159. The zero-order valence-electron chi connectivity index (χ0n) is 7.76. The SMILES string of the molecule is CCN(CC)[C@H](C)C(=O)OC. The average molecular weight is 159 g/mol. The van der Waals surface area contributed by atoms with Crippen molar-refractivity contribution in [3.8, 4) is 0 Å². The van der Waals surface area contributed by atoms with Crippen molar-refractivity contribution in [2.75, 3.05) is 20.2 Å². The topological polar surface area (TPSA) is 29.5 Å². The van der Waals surface area contributed by atoms with Crippen LogP contribution in [0, 0.1) is 0 Å². The molecule has 0 unspecified atom stereocenters. The molecule has 0 spiro atoms. The number of esters is 1. The second-order valence-electron chi connectivity index (χ2n) is 2.42. The van der Waals surface area contributed by atoms with E-state index in [0.29, 0.717) is 0 Å². The molecule has 0 aliphatic rings. The molecule has 0 amide bonds. The minimum Gasteiger partial charge on any atom is -0.468 e. The van der Waals surface area contributed by atoms with Crippen LogP contribution in [-0.2, 0) is 9.53 Å². The maximum Gasteiger partial charge on any atom is 0.322 e. The molecule has 66 valence electrons. The normalized spacial score (nSPS) is 13.2. The molecule has 0 N–H and O–H groups in total. The fourth-order valence-electron chi connectivity index (χ4n) is 1.09. The molecule has 0 aromatic carbocycles. The molecule has 3 heteroatoms. The Kier molecular flexibility index (Phi) is 4.86. The van der Waals surface area contributed by atoms with E-state index in [2.05, 4.69) is 4.74 Å². The zero-order chi connectivity index (χ0) is 8.85. The lowest BCUT2D eigenvalue weighted by Gasteiger charge is -2.23. The minimum absolute atomic E-state index is 0.116. The molecule has 0 aromatic rings. The molecule has 0 saturated carbocycles. The van der Waals surface area contributed by atoms with E-state index in [-0.39, 0.29) is 12.0 Å². The Morgan fingerprint density at radius 3 is 2.18 bits per heavy atom. The fourth-order valence-corrected chi connectivity index (χ4v) is 1.09. The number of carbonyl (C=O) groups excluding carboxylic acids is 1. The van der Waals surface area contributed by atoms with Crippen LogP contribution in [0.1, 0.15) is 20.8 Å². The third kappa shape index (κ3) is 2.89. The second kappa shape index (κ2) is 5.13. The molecule has 0 heterocycles. The van der Waals surface area contributed by atoms with Gasteiger partial charge in [0, 0.05) is 0 Å². The van der Waals surface area contributed by atoms with Crippen LogP contribution in [0.4, 0.5) is 0 Å². The molecule has 0 rings (SSSR count). The average Bonchev–Trinajstić information content (AvgIpc) is 2.05. The monoisotopic (exact) mass is 159 g/mol. The summed E-state index contributed by atoms with van der Waals surface area (Å²) < 4.78 is 4.62. The van der Waals surface area contributed by atoms with E-state index in [1.165, 1.54) is 7.11 Å². The molecular formula is C8H17NO2. The quantitative estimate of drug-likeness (QED) is 0.570. The predicted molar refractivity (Wildman–Crippen MR) is 44.4 cm³/mol. The van der Waals surface area contributed by atoms with Crippen molar-refractivity contribution in [1.29, 1.82) is 0 Å². The van der Waals surface area contributed by atoms with Gasteiger partial charge in [0.15, 0.2) is 0 Å².